The maximum absolute atomic E-state index is 12.9. The number of rotatable bonds is 6. The molecule has 2 aromatic carbocycles. The highest BCUT2D eigenvalue weighted by Crippen LogP contribution is 2.20. The van der Waals surface area contributed by atoms with E-state index >= 15 is 0 Å². The molecule has 0 radical (unpaired) electrons. The molecule has 0 aliphatic heterocycles. The Balaban J connectivity index is 1.95. The van der Waals surface area contributed by atoms with Crippen molar-refractivity contribution >= 4 is 5.91 Å². The fourth-order valence-electron chi connectivity index (χ4n) is 2.10. The molecule has 1 amide bonds. The molecule has 5 heteroatoms. The highest BCUT2D eigenvalue weighted by atomic mass is 19.1. The normalized spacial score (nSPS) is 13.0. The molecule has 2 atom stereocenters. The van der Waals surface area contributed by atoms with Crippen LogP contribution in [0.4, 0.5) is 4.39 Å². The summed E-state index contributed by atoms with van der Waals surface area (Å²) in [6.45, 7) is 3.51. The minimum Gasteiger partial charge on any atom is -0.497 e. The van der Waals surface area contributed by atoms with Crippen LogP contribution in [0, 0.1) is 5.82 Å². The van der Waals surface area contributed by atoms with Gasteiger partial charge in [0.05, 0.1) is 13.2 Å². The van der Waals surface area contributed by atoms with E-state index in [1.54, 1.807) is 50.4 Å². The maximum atomic E-state index is 12.9. The summed E-state index contributed by atoms with van der Waals surface area (Å²) >= 11 is 0. The third-order valence-corrected chi connectivity index (χ3v) is 3.45. The predicted molar refractivity (Wildman–Crippen MR) is 86.0 cm³/mol. The Morgan fingerprint density at radius 2 is 1.74 bits per heavy atom. The minimum atomic E-state index is -0.662. The van der Waals surface area contributed by atoms with Crippen LogP contribution in [0.25, 0.3) is 0 Å². The molecule has 0 aliphatic carbocycles. The lowest BCUT2D eigenvalue weighted by Gasteiger charge is -2.19. The molecular weight excluding hydrogens is 297 g/mol. The molecule has 0 heterocycles. The van der Waals surface area contributed by atoms with E-state index in [-0.39, 0.29) is 17.8 Å². The maximum Gasteiger partial charge on any atom is 0.261 e. The van der Waals surface area contributed by atoms with Gasteiger partial charge in [-0.2, -0.15) is 0 Å². The van der Waals surface area contributed by atoms with Crippen molar-refractivity contribution in [3.63, 3.8) is 0 Å². The zero-order chi connectivity index (χ0) is 16.8. The average molecular weight is 317 g/mol. The number of hydrogen-bond acceptors (Lipinski definition) is 3. The van der Waals surface area contributed by atoms with Crippen molar-refractivity contribution in [1.29, 1.82) is 0 Å². The molecule has 0 bridgehead atoms. The molecule has 4 nitrogen and oxygen atoms in total. The van der Waals surface area contributed by atoms with Crippen LogP contribution in [0.3, 0.4) is 0 Å². The molecule has 2 rings (SSSR count). The minimum absolute atomic E-state index is 0.237. The highest BCUT2D eigenvalue weighted by Gasteiger charge is 2.18. The highest BCUT2D eigenvalue weighted by molar-refractivity contribution is 5.81. The van der Waals surface area contributed by atoms with E-state index in [9.17, 15) is 9.18 Å². The van der Waals surface area contributed by atoms with Crippen molar-refractivity contribution in [2.75, 3.05) is 7.11 Å². The fraction of sp³-hybridized carbons (Fsp3) is 0.278. The topological polar surface area (TPSA) is 47.6 Å². The molecule has 122 valence electrons. The summed E-state index contributed by atoms with van der Waals surface area (Å²) in [5, 5.41) is 2.85. The van der Waals surface area contributed by atoms with E-state index in [4.69, 9.17) is 9.47 Å². The average Bonchev–Trinajstić information content (AvgIpc) is 2.55. The van der Waals surface area contributed by atoms with Gasteiger partial charge in [-0.25, -0.2) is 4.39 Å². The van der Waals surface area contributed by atoms with Crippen LogP contribution in [-0.4, -0.2) is 19.1 Å². The van der Waals surface area contributed by atoms with Gasteiger partial charge in [0.1, 0.15) is 17.3 Å². The largest absolute Gasteiger partial charge is 0.497 e. The van der Waals surface area contributed by atoms with E-state index < -0.39 is 6.10 Å². The Hall–Kier alpha value is -2.56. The van der Waals surface area contributed by atoms with E-state index in [0.717, 1.165) is 5.56 Å². The lowest BCUT2D eigenvalue weighted by atomic mass is 10.1. The van der Waals surface area contributed by atoms with Crippen molar-refractivity contribution in [2.45, 2.75) is 26.0 Å². The zero-order valence-electron chi connectivity index (χ0n) is 13.4. The zero-order valence-corrected chi connectivity index (χ0v) is 13.4. The second-order valence-electron chi connectivity index (χ2n) is 5.22. The van der Waals surface area contributed by atoms with Gasteiger partial charge in [-0.05, 0) is 43.7 Å². The van der Waals surface area contributed by atoms with Crippen LogP contribution in [0.1, 0.15) is 25.5 Å². The van der Waals surface area contributed by atoms with Crippen molar-refractivity contribution in [2.24, 2.45) is 0 Å². The number of hydrogen-bond donors (Lipinski definition) is 1. The number of methoxy groups -OCH3 is 1. The Labute approximate surface area is 135 Å². The second-order valence-corrected chi connectivity index (χ2v) is 5.22. The summed E-state index contributed by atoms with van der Waals surface area (Å²) in [7, 11) is 1.57. The Bertz CT molecular complexity index is 658. The van der Waals surface area contributed by atoms with Gasteiger partial charge in [0, 0.05) is 6.07 Å². The van der Waals surface area contributed by atoms with Crippen molar-refractivity contribution < 1.29 is 18.7 Å². The van der Waals surface area contributed by atoms with Crippen LogP contribution in [0.15, 0.2) is 48.5 Å². The first kappa shape index (κ1) is 16.8. The molecular formula is C18H20FNO3. The third kappa shape index (κ3) is 4.71. The van der Waals surface area contributed by atoms with Crippen molar-refractivity contribution in [1.82, 2.24) is 5.32 Å². The molecule has 0 aromatic heterocycles. The van der Waals surface area contributed by atoms with E-state index in [0.29, 0.717) is 11.5 Å². The number of halogens is 1. The predicted octanol–water partition coefficient (Wildman–Crippen LogP) is 3.48. The Kier molecular flexibility index (Phi) is 5.57. The molecule has 2 aromatic rings. The molecule has 0 saturated heterocycles. The standard InChI is InChI=1S/C18H20FNO3/c1-12(14-7-9-15(19)10-8-14)20-18(21)13(2)23-17-6-4-5-16(11-17)22-3/h4-13H,1-3H3,(H,20,21)/t12-,13-/m0/s1. The number of ether oxygens (including phenoxy) is 2. The van der Waals surface area contributed by atoms with Gasteiger partial charge in [0.25, 0.3) is 5.91 Å². The smallest absolute Gasteiger partial charge is 0.261 e. The molecule has 1 N–H and O–H groups in total. The van der Waals surface area contributed by atoms with E-state index in [1.165, 1.54) is 12.1 Å². The molecule has 0 saturated carbocycles. The van der Waals surface area contributed by atoms with Gasteiger partial charge >= 0.3 is 0 Å². The van der Waals surface area contributed by atoms with Gasteiger partial charge in [0.2, 0.25) is 0 Å². The van der Waals surface area contributed by atoms with Gasteiger partial charge in [-0.1, -0.05) is 18.2 Å². The molecule has 0 fully saturated rings. The van der Waals surface area contributed by atoms with Crippen LogP contribution in [0.5, 0.6) is 11.5 Å². The molecule has 23 heavy (non-hydrogen) atoms. The number of carbonyl (C=O) groups is 1. The number of benzene rings is 2. The van der Waals surface area contributed by atoms with Crippen LogP contribution >= 0.6 is 0 Å². The van der Waals surface area contributed by atoms with Crippen molar-refractivity contribution in [3.05, 3.63) is 59.9 Å². The number of carbonyl (C=O) groups excluding carboxylic acids is 1. The fourth-order valence-corrected chi connectivity index (χ4v) is 2.10. The van der Waals surface area contributed by atoms with Crippen LogP contribution < -0.4 is 14.8 Å². The Morgan fingerprint density at radius 3 is 2.39 bits per heavy atom. The lowest BCUT2D eigenvalue weighted by molar-refractivity contribution is -0.127. The van der Waals surface area contributed by atoms with Gasteiger partial charge in [-0.3, -0.25) is 4.79 Å². The summed E-state index contributed by atoms with van der Waals surface area (Å²) in [6, 6.07) is 12.9. The van der Waals surface area contributed by atoms with E-state index in [2.05, 4.69) is 5.32 Å². The number of nitrogens with one attached hydrogen (secondary N) is 1. The van der Waals surface area contributed by atoms with Crippen LogP contribution in [-0.2, 0) is 4.79 Å². The lowest BCUT2D eigenvalue weighted by Crippen LogP contribution is -2.37. The molecule has 0 unspecified atom stereocenters. The first-order valence-corrected chi connectivity index (χ1v) is 7.36. The molecule has 0 spiro atoms. The summed E-state index contributed by atoms with van der Waals surface area (Å²) < 4.78 is 23.7. The van der Waals surface area contributed by atoms with E-state index in [1.807, 2.05) is 6.92 Å². The SMILES string of the molecule is COc1cccc(O[C@@H](C)C(=O)N[C@@H](C)c2ccc(F)cc2)c1. The molecule has 0 aliphatic rings. The van der Waals surface area contributed by atoms with Crippen molar-refractivity contribution in [3.8, 4) is 11.5 Å². The third-order valence-electron chi connectivity index (χ3n) is 3.45. The number of amides is 1. The van der Waals surface area contributed by atoms with Gasteiger partial charge < -0.3 is 14.8 Å². The monoisotopic (exact) mass is 317 g/mol. The van der Waals surface area contributed by atoms with Gasteiger partial charge in [-0.15, -0.1) is 0 Å². The van der Waals surface area contributed by atoms with Crippen LogP contribution in [0.2, 0.25) is 0 Å². The summed E-state index contributed by atoms with van der Waals surface area (Å²) in [5.74, 6) is 0.669. The van der Waals surface area contributed by atoms with Gasteiger partial charge in [0.15, 0.2) is 6.10 Å². The first-order chi connectivity index (χ1) is 11.0. The first-order valence-electron chi connectivity index (χ1n) is 7.36. The quantitative estimate of drug-likeness (QED) is 0.887. The summed E-state index contributed by atoms with van der Waals surface area (Å²) in [6.07, 6.45) is -0.662. The Morgan fingerprint density at radius 1 is 1.09 bits per heavy atom. The summed E-state index contributed by atoms with van der Waals surface area (Å²) in [4.78, 5) is 12.2. The second kappa shape index (κ2) is 7.63. The summed E-state index contributed by atoms with van der Waals surface area (Å²) in [5.41, 5.74) is 0.827.